The van der Waals surface area contributed by atoms with Crippen molar-refractivity contribution < 1.29 is 31.5 Å². The first-order chi connectivity index (χ1) is 22.4. The number of carbonyl (C=O) groups excluding carboxylic acids is 2. The van der Waals surface area contributed by atoms with Crippen LogP contribution in [0.5, 0.6) is 0 Å². The molecule has 2 heterocycles. The van der Waals surface area contributed by atoms with Gasteiger partial charge >= 0.3 is 0 Å². The Morgan fingerprint density at radius 2 is 1.81 bits per heavy atom. The molecule has 2 fully saturated rings. The Labute approximate surface area is 288 Å². The van der Waals surface area contributed by atoms with Crippen molar-refractivity contribution in [1.29, 1.82) is 0 Å². The first-order valence-electron chi connectivity index (χ1n) is 15.6. The second-order valence-corrected chi connectivity index (χ2v) is 15.4. The number of ether oxygens (including phenoxy) is 1. The van der Waals surface area contributed by atoms with Gasteiger partial charge in [0.2, 0.25) is 10.0 Å². The summed E-state index contributed by atoms with van der Waals surface area (Å²) in [5.41, 5.74) is 1.76. The number of likely N-dealkylation sites (tertiary alicyclic amines) is 1. The average Bonchev–Trinajstić information content (AvgIpc) is 3.48. The molecule has 0 aliphatic carbocycles. The van der Waals surface area contributed by atoms with Crippen molar-refractivity contribution >= 4 is 44.4 Å². The predicted octanol–water partition coefficient (Wildman–Crippen LogP) is 4.52. The van der Waals surface area contributed by atoms with E-state index in [-0.39, 0.29) is 54.4 Å². The standard InChI is InChI=1S/C34H39F2IN4O5S/c1-22-11-24(16-25(12-22)34(43)41-9-4-6-31(41)21-46-2)33(42)39-29(15-23-13-26(35)17-27(36)14-23)19-30-20-40(10-8-38-30)47(44,45)32-7-3-5-28(37)18-32/h3,5,7,11-14,16-18,29-31,38H,4,6,8-10,15,19-21H2,1-2H3,(H,39,42)/t29-,30-,31+/m0/s1. The summed E-state index contributed by atoms with van der Waals surface area (Å²) in [5, 5.41) is 6.36. The predicted molar refractivity (Wildman–Crippen MR) is 183 cm³/mol. The zero-order valence-electron chi connectivity index (χ0n) is 26.3. The molecule has 2 aliphatic heterocycles. The molecule has 252 valence electrons. The maximum Gasteiger partial charge on any atom is 0.254 e. The summed E-state index contributed by atoms with van der Waals surface area (Å²) in [6.07, 6.45) is 2.11. The summed E-state index contributed by atoms with van der Waals surface area (Å²) in [6, 6.07) is 14.0. The summed E-state index contributed by atoms with van der Waals surface area (Å²) in [7, 11) is -2.16. The maximum atomic E-state index is 14.1. The minimum absolute atomic E-state index is 0.0294. The average molecular weight is 781 g/mol. The maximum absolute atomic E-state index is 14.1. The Morgan fingerprint density at radius 1 is 1.06 bits per heavy atom. The molecule has 0 unspecified atom stereocenters. The molecule has 2 saturated heterocycles. The fraction of sp³-hybridized carbons (Fsp3) is 0.412. The Kier molecular flexibility index (Phi) is 11.6. The number of sulfonamides is 1. The molecule has 0 saturated carbocycles. The molecule has 5 rings (SSSR count). The second-order valence-electron chi connectivity index (χ2n) is 12.2. The highest BCUT2D eigenvalue weighted by atomic mass is 127. The van der Waals surface area contributed by atoms with Gasteiger partial charge in [0.15, 0.2) is 0 Å². The summed E-state index contributed by atoms with van der Waals surface area (Å²) in [5.74, 6) is -2.08. The third-order valence-corrected chi connectivity index (χ3v) is 11.1. The first-order valence-corrected chi connectivity index (χ1v) is 18.1. The molecule has 13 heteroatoms. The van der Waals surface area contributed by atoms with Crippen LogP contribution in [0, 0.1) is 22.1 Å². The molecule has 3 aromatic rings. The van der Waals surface area contributed by atoms with Gasteiger partial charge in [-0.05, 0) is 115 Å². The van der Waals surface area contributed by atoms with Crippen molar-refractivity contribution in [2.45, 2.75) is 55.6 Å². The van der Waals surface area contributed by atoms with E-state index < -0.39 is 33.6 Å². The van der Waals surface area contributed by atoms with Gasteiger partial charge in [-0.1, -0.05) is 6.07 Å². The van der Waals surface area contributed by atoms with Crippen LogP contribution in [0.15, 0.2) is 65.6 Å². The second kappa shape index (κ2) is 15.5. The lowest BCUT2D eigenvalue weighted by Crippen LogP contribution is -2.54. The summed E-state index contributed by atoms with van der Waals surface area (Å²) >= 11 is 2.07. The zero-order valence-corrected chi connectivity index (χ0v) is 29.3. The van der Waals surface area contributed by atoms with Gasteiger partial charge in [-0.2, -0.15) is 4.31 Å². The van der Waals surface area contributed by atoms with E-state index in [1.54, 1.807) is 48.4 Å². The number of rotatable bonds is 11. The minimum atomic E-state index is -3.76. The molecule has 47 heavy (non-hydrogen) atoms. The van der Waals surface area contributed by atoms with E-state index in [9.17, 15) is 26.8 Å². The Morgan fingerprint density at radius 3 is 2.53 bits per heavy atom. The Hall–Kier alpha value is -2.98. The molecule has 3 aromatic carbocycles. The minimum Gasteiger partial charge on any atom is -0.383 e. The van der Waals surface area contributed by atoms with E-state index in [4.69, 9.17) is 4.74 Å². The molecule has 3 atom stereocenters. The lowest BCUT2D eigenvalue weighted by atomic mass is 9.97. The molecule has 0 spiro atoms. The van der Waals surface area contributed by atoms with E-state index >= 15 is 0 Å². The third kappa shape index (κ3) is 8.93. The van der Waals surface area contributed by atoms with Crippen LogP contribution in [0.2, 0.25) is 0 Å². The van der Waals surface area contributed by atoms with Gasteiger partial charge in [0, 0.05) is 66.1 Å². The normalized spacial score (nSPS) is 19.5. The summed E-state index contributed by atoms with van der Waals surface area (Å²) in [6.45, 7) is 3.68. The molecule has 2 amide bonds. The monoisotopic (exact) mass is 780 g/mol. The van der Waals surface area contributed by atoms with Gasteiger partial charge in [-0.15, -0.1) is 0 Å². The number of benzene rings is 3. The van der Waals surface area contributed by atoms with Gasteiger partial charge in [-0.3, -0.25) is 9.59 Å². The zero-order chi connectivity index (χ0) is 33.7. The van der Waals surface area contributed by atoms with Gasteiger partial charge < -0.3 is 20.3 Å². The van der Waals surface area contributed by atoms with Crippen molar-refractivity contribution in [2.24, 2.45) is 0 Å². The Bertz CT molecular complexity index is 1710. The lowest BCUT2D eigenvalue weighted by Gasteiger charge is -2.35. The summed E-state index contributed by atoms with van der Waals surface area (Å²) in [4.78, 5) is 29.2. The van der Waals surface area contributed by atoms with E-state index in [2.05, 4.69) is 33.2 Å². The number of amides is 2. The Balaban J connectivity index is 1.36. The highest BCUT2D eigenvalue weighted by Gasteiger charge is 2.33. The molecular formula is C34H39F2IN4O5S. The van der Waals surface area contributed by atoms with Gasteiger partial charge in [0.05, 0.1) is 17.5 Å². The number of hydrogen-bond donors (Lipinski definition) is 2. The van der Waals surface area contributed by atoms with E-state index in [1.165, 1.54) is 16.4 Å². The fourth-order valence-electron chi connectivity index (χ4n) is 6.44. The number of carbonyl (C=O) groups is 2. The molecule has 2 aliphatic rings. The van der Waals surface area contributed by atoms with Crippen LogP contribution < -0.4 is 10.6 Å². The van der Waals surface area contributed by atoms with E-state index in [1.807, 2.05) is 13.0 Å². The smallest absolute Gasteiger partial charge is 0.254 e. The number of aryl methyl sites for hydroxylation is 1. The molecule has 9 nitrogen and oxygen atoms in total. The van der Waals surface area contributed by atoms with Crippen LogP contribution in [0.25, 0.3) is 0 Å². The number of nitrogens with one attached hydrogen (secondary N) is 2. The number of hydrogen-bond acceptors (Lipinski definition) is 6. The molecule has 0 bridgehead atoms. The number of methoxy groups -OCH3 is 1. The van der Waals surface area contributed by atoms with Crippen LogP contribution in [0.1, 0.15) is 51.1 Å². The molecular weight excluding hydrogens is 741 g/mol. The van der Waals surface area contributed by atoms with Crippen LogP contribution in [-0.4, -0.2) is 87.5 Å². The number of nitrogens with zero attached hydrogens (tertiary/aromatic N) is 2. The molecule has 0 radical (unpaired) electrons. The van der Waals surface area contributed by atoms with Crippen LogP contribution in [-0.2, 0) is 21.2 Å². The molecule has 2 N–H and O–H groups in total. The van der Waals surface area contributed by atoms with E-state index in [0.29, 0.717) is 30.8 Å². The van der Waals surface area contributed by atoms with Crippen LogP contribution in [0.4, 0.5) is 8.78 Å². The van der Waals surface area contributed by atoms with Gasteiger partial charge in [-0.25, -0.2) is 17.2 Å². The molecule has 0 aromatic heterocycles. The first kappa shape index (κ1) is 35.3. The van der Waals surface area contributed by atoms with E-state index in [0.717, 1.165) is 28.0 Å². The van der Waals surface area contributed by atoms with Crippen molar-refractivity contribution in [2.75, 3.05) is 39.9 Å². The van der Waals surface area contributed by atoms with Crippen molar-refractivity contribution in [3.8, 4) is 0 Å². The fourth-order valence-corrected chi connectivity index (χ4v) is 8.73. The highest BCUT2D eigenvalue weighted by molar-refractivity contribution is 14.1. The highest BCUT2D eigenvalue weighted by Crippen LogP contribution is 2.24. The topological polar surface area (TPSA) is 108 Å². The van der Waals surface area contributed by atoms with Gasteiger partial charge in [0.25, 0.3) is 11.8 Å². The van der Waals surface area contributed by atoms with Crippen LogP contribution >= 0.6 is 22.6 Å². The van der Waals surface area contributed by atoms with Gasteiger partial charge in [0.1, 0.15) is 11.6 Å². The quantitative estimate of drug-likeness (QED) is 0.278. The number of piperazine rings is 1. The van der Waals surface area contributed by atoms with Crippen molar-refractivity contribution in [3.63, 3.8) is 0 Å². The SMILES string of the molecule is COC[C@H]1CCCN1C(=O)c1cc(C)cc(C(=O)N[C@@H](Cc2cc(F)cc(F)c2)C[C@H]2CN(S(=O)(=O)c3cccc(I)c3)CCN2)c1. The third-order valence-electron chi connectivity index (χ3n) is 8.54. The van der Waals surface area contributed by atoms with Crippen molar-refractivity contribution in [3.05, 3.63) is 98.1 Å². The number of halogens is 3. The van der Waals surface area contributed by atoms with Crippen LogP contribution in [0.3, 0.4) is 0 Å². The lowest BCUT2D eigenvalue weighted by molar-refractivity contribution is 0.0630. The van der Waals surface area contributed by atoms with Crippen molar-refractivity contribution in [1.82, 2.24) is 19.8 Å². The largest absolute Gasteiger partial charge is 0.383 e. The summed E-state index contributed by atoms with van der Waals surface area (Å²) < 4.78 is 62.8.